The maximum absolute atomic E-state index is 13.1. The van der Waals surface area contributed by atoms with Gasteiger partial charge in [-0.2, -0.15) is 0 Å². The van der Waals surface area contributed by atoms with Crippen molar-refractivity contribution >= 4 is 51.7 Å². The molecular weight excluding hydrogens is 783 g/mol. The molecule has 5 rings (SSSR count). The van der Waals surface area contributed by atoms with E-state index in [1.54, 1.807) is 14.7 Å². The van der Waals surface area contributed by atoms with Crippen LogP contribution in [0.2, 0.25) is 0 Å². The summed E-state index contributed by atoms with van der Waals surface area (Å²) in [5.74, 6) is 0.467. The van der Waals surface area contributed by atoms with Crippen LogP contribution in [0.5, 0.6) is 0 Å². The molecule has 0 saturated carbocycles. The number of ether oxygens (including phenoxy) is 4. The zero-order valence-electron chi connectivity index (χ0n) is 33.0. The van der Waals surface area contributed by atoms with Crippen molar-refractivity contribution in [2.45, 2.75) is 25.3 Å². The summed E-state index contributed by atoms with van der Waals surface area (Å²) in [6.45, 7) is 6.16. The fourth-order valence-corrected chi connectivity index (χ4v) is 8.65. The molecule has 58 heavy (non-hydrogen) atoms. The van der Waals surface area contributed by atoms with E-state index in [9.17, 15) is 24.0 Å². The van der Waals surface area contributed by atoms with Gasteiger partial charge in [-0.1, -0.05) is 113 Å². The van der Waals surface area contributed by atoms with Gasteiger partial charge < -0.3 is 39.0 Å². The standard InChI is InChI=1S/C42H53N5O9S2/c1-2-43-39(50)54-30-32-57-58-33-31-56-41(52)45-22-20-44(21-23-45)37(48)18-19-38(49)53-28-29-55-40(51)46-24-26-47(27-25-46)42(34-12-6-3-7-13-34,35-14-8-4-9-15-35)36-16-10-5-11-17-36/h3-17H,2,18-33H2,1H3,(H,43,50). The van der Waals surface area contributed by atoms with Crippen LogP contribution in [0, 0.1) is 0 Å². The summed E-state index contributed by atoms with van der Waals surface area (Å²) in [5.41, 5.74) is 2.86. The SMILES string of the molecule is CCNC(=O)OCCSSCCOC(=O)N1CCN(C(=O)CCC(=O)OCCOC(=O)N2CCN(C(c3ccccc3)(c3ccccc3)c3ccccc3)CC2)CC1. The highest BCUT2D eigenvalue weighted by atomic mass is 33.1. The highest BCUT2D eigenvalue weighted by molar-refractivity contribution is 8.76. The highest BCUT2D eigenvalue weighted by Crippen LogP contribution is 2.42. The molecule has 0 bridgehead atoms. The smallest absolute Gasteiger partial charge is 0.409 e. The lowest BCUT2D eigenvalue weighted by Crippen LogP contribution is -2.57. The van der Waals surface area contributed by atoms with Gasteiger partial charge in [0.25, 0.3) is 0 Å². The summed E-state index contributed by atoms with van der Waals surface area (Å²) < 4.78 is 21.1. The fraction of sp³-hybridized carbons (Fsp3) is 0.452. The Morgan fingerprint density at radius 1 is 0.552 bits per heavy atom. The van der Waals surface area contributed by atoms with Crippen molar-refractivity contribution in [3.63, 3.8) is 0 Å². The van der Waals surface area contributed by atoms with Crippen LogP contribution < -0.4 is 5.32 Å². The molecule has 4 amide bonds. The molecule has 1 N–H and O–H groups in total. The summed E-state index contributed by atoms with van der Waals surface area (Å²) in [4.78, 5) is 69.2. The Morgan fingerprint density at radius 3 is 1.48 bits per heavy atom. The minimum Gasteiger partial charge on any atom is -0.462 e. The molecule has 0 unspecified atom stereocenters. The van der Waals surface area contributed by atoms with E-state index in [0.717, 1.165) is 16.7 Å². The van der Waals surface area contributed by atoms with Crippen LogP contribution in [0.4, 0.5) is 14.4 Å². The molecule has 2 saturated heterocycles. The predicted octanol–water partition coefficient (Wildman–Crippen LogP) is 5.46. The Morgan fingerprint density at radius 2 is 0.983 bits per heavy atom. The van der Waals surface area contributed by atoms with E-state index < -0.39 is 29.8 Å². The number of rotatable bonds is 18. The highest BCUT2D eigenvalue weighted by Gasteiger charge is 2.43. The minimum absolute atomic E-state index is 0.0208. The monoisotopic (exact) mass is 835 g/mol. The first-order chi connectivity index (χ1) is 28.3. The van der Waals surface area contributed by atoms with Crippen molar-refractivity contribution in [1.29, 1.82) is 0 Å². The molecule has 16 heteroatoms. The van der Waals surface area contributed by atoms with Gasteiger partial charge in [0.2, 0.25) is 5.91 Å². The summed E-state index contributed by atoms with van der Waals surface area (Å²) in [7, 11) is 3.05. The lowest BCUT2D eigenvalue weighted by molar-refractivity contribution is -0.147. The Bertz CT molecular complexity index is 1650. The van der Waals surface area contributed by atoms with Crippen LogP contribution in [0.1, 0.15) is 36.5 Å². The number of esters is 1. The molecule has 2 fully saturated rings. The van der Waals surface area contributed by atoms with Gasteiger partial charge in [-0.15, -0.1) is 0 Å². The van der Waals surface area contributed by atoms with Crippen molar-refractivity contribution in [1.82, 2.24) is 24.9 Å². The van der Waals surface area contributed by atoms with Crippen molar-refractivity contribution in [2.24, 2.45) is 0 Å². The first-order valence-corrected chi connectivity index (χ1v) is 22.1. The van der Waals surface area contributed by atoms with Gasteiger partial charge in [-0.05, 0) is 23.6 Å². The first kappa shape index (κ1) is 44.2. The quantitative estimate of drug-likeness (QED) is 0.0571. The second-order valence-electron chi connectivity index (χ2n) is 13.4. The summed E-state index contributed by atoms with van der Waals surface area (Å²) >= 11 is 0. The number of piperazine rings is 2. The van der Waals surface area contributed by atoms with E-state index in [1.807, 2.05) is 25.1 Å². The van der Waals surface area contributed by atoms with Crippen LogP contribution in [0.15, 0.2) is 91.0 Å². The van der Waals surface area contributed by atoms with Crippen molar-refractivity contribution in [3.8, 4) is 0 Å². The van der Waals surface area contributed by atoms with Crippen molar-refractivity contribution < 1.29 is 42.9 Å². The summed E-state index contributed by atoms with van der Waals surface area (Å²) in [6, 6.07) is 31.3. The number of alkyl carbamates (subject to hydrolysis) is 1. The van der Waals surface area contributed by atoms with Gasteiger partial charge in [-0.3, -0.25) is 14.5 Å². The lowest BCUT2D eigenvalue weighted by Gasteiger charge is -2.48. The van der Waals surface area contributed by atoms with Crippen LogP contribution in [-0.4, -0.2) is 147 Å². The summed E-state index contributed by atoms with van der Waals surface area (Å²) in [6.07, 6.45) is -1.45. The average molecular weight is 836 g/mol. The Labute approximate surface area is 348 Å². The molecule has 14 nitrogen and oxygen atoms in total. The molecule has 0 aliphatic carbocycles. The Balaban J connectivity index is 0.959. The summed E-state index contributed by atoms with van der Waals surface area (Å²) in [5, 5.41) is 2.56. The Hall–Kier alpha value is -4.93. The molecule has 0 aromatic heterocycles. The van der Waals surface area contributed by atoms with Gasteiger partial charge in [-0.25, -0.2) is 14.4 Å². The molecule has 3 aromatic carbocycles. The number of nitrogens with zero attached hydrogens (tertiary/aromatic N) is 4. The van der Waals surface area contributed by atoms with Crippen molar-refractivity contribution in [2.75, 3.05) is 96.8 Å². The molecule has 0 radical (unpaired) electrons. The molecule has 312 valence electrons. The third-order valence-electron chi connectivity index (χ3n) is 9.79. The number of benzene rings is 3. The van der Waals surface area contributed by atoms with Crippen molar-refractivity contribution in [3.05, 3.63) is 108 Å². The van der Waals surface area contributed by atoms with Crippen LogP contribution in [0.25, 0.3) is 0 Å². The number of amides is 4. The van der Waals surface area contributed by atoms with E-state index in [0.29, 0.717) is 77.0 Å². The normalized spacial score (nSPS) is 14.7. The largest absolute Gasteiger partial charge is 0.462 e. The van der Waals surface area contributed by atoms with Crippen LogP contribution in [-0.2, 0) is 34.1 Å². The van der Waals surface area contributed by atoms with Gasteiger partial charge in [0.1, 0.15) is 26.4 Å². The average Bonchev–Trinajstić information content (AvgIpc) is 3.27. The van der Waals surface area contributed by atoms with Gasteiger partial charge in [0.15, 0.2) is 0 Å². The van der Waals surface area contributed by atoms with Crippen LogP contribution >= 0.6 is 21.6 Å². The maximum Gasteiger partial charge on any atom is 0.409 e. The molecular formula is C42H53N5O9S2. The fourth-order valence-electron chi connectivity index (χ4n) is 7.00. The second-order valence-corrected chi connectivity index (χ2v) is 16.1. The zero-order valence-corrected chi connectivity index (χ0v) is 34.6. The molecule has 3 aromatic rings. The van der Waals surface area contributed by atoms with E-state index >= 15 is 0 Å². The van der Waals surface area contributed by atoms with Crippen LogP contribution in [0.3, 0.4) is 0 Å². The third-order valence-corrected chi connectivity index (χ3v) is 12.1. The Kier molecular flexibility index (Phi) is 17.9. The minimum atomic E-state index is -0.564. The third kappa shape index (κ3) is 12.5. The molecule has 0 spiro atoms. The number of hydrogen-bond acceptors (Lipinski definition) is 12. The molecule has 2 aliphatic rings. The number of carbonyl (C=O) groups is 5. The number of nitrogens with one attached hydrogen (secondary N) is 1. The zero-order chi connectivity index (χ0) is 41.0. The molecule has 0 atom stereocenters. The topological polar surface area (TPSA) is 147 Å². The lowest BCUT2D eigenvalue weighted by atomic mass is 9.75. The maximum atomic E-state index is 13.1. The van der Waals surface area contributed by atoms with Gasteiger partial charge in [0.05, 0.1) is 12.0 Å². The van der Waals surface area contributed by atoms with Gasteiger partial charge in [0, 0.05) is 76.8 Å². The first-order valence-electron chi connectivity index (χ1n) is 19.7. The molecule has 2 aliphatic heterocycles. The predicted molar refractivity (Wildman–Crippen MR) is 223 cm³/mol. The number of carbonyl (C=O) groups excluding carboxylic acids is 5. The second kappa shape index (κ2) is 23.5. The number of hydrogen-bond donors (Lipinski definition) is 1. The van der Waals surface area contributed by atoms with Gasteiger partial charge >= 0.3 is 24.2 Å². The van der Waals surface area contributed by atoms with E-state index in [4.69, 9.17) is 18.9 Å². The van der Waals surface area contributed by atoms with E-state index in [-0.39, 0.29) is 38.6 Å². The van der Waals surface area contributed by atoms with E-state index in [2.05, 4.69) is 83.0 Å². The molecule has 2 heterocycles. The van der Waals surface area contributed by atoms with E-state index in [1.165, 1.54) is 21.6 Å².